The number of carbonyl (C=O) groups is 1. The standard InChI is InChI=1S/C17H21N3O4S2/c1-24-17(21)19-14-3-5-15(6-4-14)26(22,23)18-11-16(20-8-2-9-20)13-7-10-25-12-13/h3-7,10,12,16,18H,2,8-9,11H2,1H3,(H,19,21)/t16-/m0/s1. The lowest BCUT2D eigenvalue weighted by Gasteiger charge is -2.38. The van der Waals surface area contributed by atoms with E-state index < -0.39 is 16.1 Å². The van der Waals surface area contributed by atoms with Gasteiger partial charge in [-0.1, -0.05) is 0 Å². The van der Waals surface area contributed by atoms with Crippen molar-refractivity contribution in [2.75, 3.05) is 32.1 Å². The molecule has 1 aromatic heterocycles. The Kier molecular flexibility index (Phi) is 5.92. The Balaban J connectivity index is 1.67. The second kappa shape index (κ2) is 8.17. The molecule has 7 nitrogen and oxygen atoms in total. The lowest BCUT2D eigenvalue weighted by Crippen LogP contribution is -2.44. The first-order chi connectivity index (χ1) is 12.5. The molecule has 2 heterocycles. The SMILES string of the molecule is COC(=O)Nc1ccc(S(=O)(=O)NC[C@@H](c2ccsc2)N2CCC2)cc1. The third kappa shape index (κ3) is 4.42. The number of benzene rings is 1. The molecule has 9 heteroatoms. The summed E-state index contributed by atoms with van der Waals surface area (Å²) in [6.45, 7) is 2.29. The molecule has 3 rings (SSSR count). The number of methoxy groups -OCH3 is 1. The molecule has 1 fully saturated rings. The average Bonchev–Trinajstić information content (AvgIpc) is 3.11. The minimum Gasteiger partial charge on any atom is -0.453 e. The second-order valence-corrected chi connectivity index (χ2v) is 8.50. The molecule has 0 bridgehead atoms. The van der Waals surface area contributed by atoms with E-state index in [4.69, 9.17) is 0 Å². The number of nitrogens with one attached hydrogen (secondary N) is 2. The van der Waals surface area contributed by atoms with E-state index >= 15 is 0 Å². The summed E-state index contributed by atoms with van der Waals surface area (Å²) in [6.07, 6.45) is 0.536. The molecule has 1 aliphatic rings. The van der Waals surface area contributed by atoms with Crippen molar-refractivity contribution in [2.24, 2.45) is 0 Å². The van der Waals surface area contributed by atoms with Gasteiger partial charge < -0.3 is 4.74 Å². The molecule has 1 aromatic carbocycles. The number of hydrogen-bond donors (Lipinski definition) is 2. The summed E-state index contributed by atoms with van der Waals surface area (Å²) >= 11 is 1.61. The van der Waals surface area contributed by atoms with Crippen molar-refractivity contribution in [3.63, 3.8) is 0 Å². The fourth-order valence-electron chi connectivity index (χ4n) is 2.73. The molecule has 2 N–H and O–H groups in total. The predicted octanol–water partition coefficient (Wildman–Crippen LogP) is 2.65. The molecule has 0 radical (unpaired) electrons. The normalized spacial score (nSPS) is 15.9. The first-order valence-corrected chi connectivity index (χ1v) is 10.6. The molecule has 1 saturated heterocycles. The van der Waals surface area contributed by atoms with Crippen LogP contribution in [0.5, 0.6) is 0 Å². The van der Waals surface area contributed by atoms with Gasteiger partial charge in [0.05, 0.1) is 12.0 Å². The van der Waals surface area contributed by atoms with Crippen LogP contribution in [0.2, 0.25) is 0 Å². The number of anilines is 1. The molecule has 0 aliphatic carbocycles. The number of nitrogens with zero attached hydrogens (tertiary/aromatic N) is 1. The molecular formula is C17H21N3O4S2. The highest BCUT2D eigenvalue weighted by atomic mass is 32.2. The Bertz CT molecular complexity index is 831. The third-order valence-electron chi connectivity index (χ3n) is 4.32. The van der Waals surface area contributed by atoms with E-state index in [1.165, 1.54) is 31.4 Å². The molecule has 140 valence electrons. The maximum atomic E-state index is 12.6. The van der Waals surface area contributed by atoms with Crippen LogP contribution in [0.25, 0.3) is 0 Å². The van der Waals surface area contributed by atoms with Gasteiger partial charge in [-0.05, 0) is 53.1 Å². The second-order valence-electron chi connectivity index (χ2n) is 5.95. The van der Waals surface area contributed by atoms with E-state index in [2.05, 4.69) is 25.1 Å². The number of sulfonamides is 1. The molecular weight excluding hydrogens is 374 g/mol. The summed E-state index contributed by atoms with van der Waals surface area (Å²) in [6, 6.07) is 8.04. The van der Waals surface area contributed by atoms with E-state index in [1.807, 2.05) is 11.4 Å². The van der Waals surface area contributed by atoms with Crippen molar-refractivity contribution in [1.29, 1.82) is 0 Å². The van der Waals surface area contributed by atoms with Gasteiger partial charge in [0.25, 0.3) is 0 Å². The highest BCUT2D eigenvalue weighted by Gasteiger charge is 2.27. The Hall–Kier alpha value is -1.94. The zero-order valence-electron chi connectivity index (χ0n) is 14.3. The van der Waals surface area contributed by atoms with Crippen LogP contribution in [0.4, 0.5) is 10.5 Å². The summed E-state index contributed by atoms with van der Waals surface area (Å²) in [5, 5.41) is 6.55. The van der Waals surface area contributed by atoms with Crippen molar-refractivity contribution in [1.82, 2.24) is 9.62 Å². The van der Waals surface area contributed by atoms with Crippen molar-refractivity contribution in [3.05, 3.63) is 46.7 Å². The Morgan fingerprint density at radius 2 is 2.00 bits per heavy atom. The van der Waals surface area contributed by atoms with Gasteiger partial charge in [-0.15, -0.1) is 0 Å². The Labute approximate surface area is 157 Å². The van der Waals surface area contributed by atoms with Gasteiger partial charge in [-0.2, -0.15) is 11.3 Å². The van der Waals surface area contributed by atoms with Gasteiger partial charge in [0.1, 0.15) is 0 Å². The van der Waals surface area contributed by atoms with E-state index in [1.54, 1.807) is 11.3 Å². The lowest BCUT2D eigenvalue weighted by atomic mass is 10.1. The monoisotopic (exact) mass is 395 g/mol. The van der Waals surface area contributed by atoms with Crippen LogP contribution in [0, 0.1) is 0 Å². The van der Waals surface area contributed by atoms with Crippen molar-refractivity contribution in [3.8, 4) is 0 Å². The molecule has 0 unspecified atom stereocenters. The van der Waals surface area contributed by atoms with E-state index in [9.17, 15) is 13.2 Å². The zero-order valence-corrected chi connectivity index (χ0v) is 16.0. The van der Waals surface area contributed by atoms with Gasteiger partial charge in [0.15, 0.2) is 0 Å². The van der Waals surface area contributed by atoms with Crippen molar-refractivity contribution in [2.45, 2.75) is 17.4 Å². The van der Waals surface area contributed by atoms with Crippen molar-refractivity contribution >= 4 is 33.1 Å². The molecule has 0 saturated carbocycles. The number of likely N-dealkylation sites (tertiary alicyclic amines) is 1. The molecule has 1 amide bonds. The van der Waals surface area contributed by atoms with E-state index in [0.29, 0.717) is 12.2 Å². The van der Waals surface area contributed by atoms with E-state index in [0.717, 1.165) is 25.1 Å². The van der Waals surface area contributed by atoms with Gasteiger partial charge in [0, 0.05) is 31.4 Å². The molecule has 1 aliphatic heterocycles. The number of hydrogen-bond acceptors (Lipinski definition) is 6. The number of rotatable bonds is 7. The van der Waals surface area contributed by atoms with Gasteiger partial charge in [-0.3, -0.25) is 10.2 Å². The number of carbonyl (C=O) groups excluding carboxylic acids is 1. The predicted molar refractivity (Wildman–Crippen MR) is 101 cm³/mol. The maximum Gasteiger partial charge on any atom is 0.411 e. The first-order valence-electron chi connectivity index (χ1n) is 8.20. The summed E-state index contributed by atoms with van der Waals surface area (Å²) in [5.74, 6) is 0. The van der Waals surface area contributed by atoms with Crippen LogP contribution in [0.15, 0.2) is 46.0 Å². The summed E-state index contributed by atoms with van der Waals surface area (Å²) < 4.78 is 32.4. The number of thiophene rings is 1. The molecule has 1 atom stereocenters. The average molecular weight is 396 g/mol. The Morgan fingerprint density at radius 3 is 2.54 bits per heavy atom. The summed E-state index contributed by atoms with van der Waals surface area (Å²) in [5.41, 5.74) is 1.60. The lowest BCUT2D eigenvalue weighted by molar-refractivity contribution is 0.120. The third-order valence-corrected chi connectivity index (χ3v) is 6.46. The molecule has 0 spiro atoms. The molecule has 2 aromatic rings. The van der Waals surface area contributed by atoms with Crippen LogP contribution in [0.1, 0.15) is 18.0 Å². The maximum absolute atomic E-state index is 12.6. The smallest absolute Gasteiger partial charge is 0.411 e. The van der Waals surface area contributed by atoms with Crippen LogP contribution >= 0.6 is 11.3 Å². The first kappa shape index (κ1) is 18.8. The fourth-order valence-corrected chi connectivity index (χ4v) is 4.48. The minimum atomic E-state index is -3.63. The van der Waals surface area contributed by atoms with Gasteiger partial charge >= 0.3 is 6.09 Å². The quantitative estimate of drug-likeness (QED) is 0.753. The largest absolute Gasteiger partial charge is 0.453 e. The number of ether oxygens (including phenoxy) is 1. The van der Waals surface area contributed by atoms with Crippen molar-refractivity contribution < 1.29 is 17.9 Å². The van der Waals surface area contributed by atoms with Crippen LogP contribution in [-0.4, -0.2) is 46.2 Å². The van der Waals surface area contributed by atoms with Crippen LogP contribution in [-0.2, 0) is 14.8 Å². The van der Waals surface area contributed by atoms with E-state index in [-0.39, 0.29) is 10.9 Å². The fraction of sp³-hybridized carbons (Fsp3) is 0.353. The van der Waals surface area contributed by atoms with Crippen LogP contribution in [0.3, 0.4) is 0 Å². The summed E-state index contributed by atoms with van der Waals surface area (Å²) in [7, 11) is -2.37. The van der Waals surface area contributed by atoms with Gasteiger partial charge in [-0.25, -0.2) is 17.9 Å². The number of amides is 1. The highest BCUT2D eigenvalue weighted by Crippen LogP contribution is 2.27. The summed E-state index contributed by atoms with van der Waals surface area (Å²) in [4.78, 5) is 13.6. The molecule has 26 heavy (non-hydrogen) atoms. The van der Waals surface area contributed by atoms with Gasteiger partial charge in [0.2, 0.25) is 10.0 Å². The minimum absolute atomic E-state index is 0.0463. The Morgan fingerprint density at radius 1 is 1.27 bits per heavy atom. The highest BCUT2D eigenvalue weighted by molar-refractivity contribution is 7.89. The zero-order chi connectivity index (χ0) is 18.6. The topological polar surface area (TPSA) is 87.7 Å². The van der Waals surface area contributed by atoms with Crippen LogP contribution < -0.4 is 10.0 Å².